The number of hydrogen-bond acceptors (Lipinski definition) is 6. The van der Waals surface area contributed by atoms with Gasteiger partial charge in [-0.3, -0.25) is 24.1 Å². The summed E-state index contributed by atoms with van der Waals surface area (Å²) in [5.74, 6) is -6.16. The predicted molar refractivity (Wildman–Crippen MR) is 175 cm³/mol. The van der Waals surface area contributed by atoms with Crippen LogP contribution in [-0.2, 0) is 19.2 Å². The fourth-order valence-corrected chi connectivity index (χ4v) is 8.51. The van der Waals surface area contributed by atoms with Gasteiger partial charge in [-0.25, -0.2) is 9.29 Å². The summed E-state index contributed by atoms with van der Waals surface area (Å²) in [5, 5.41) is 10.5. The lowest BCUT2D eigenvalue weighted by molar-refractivity contribution is -0.125. The van der Waals surface area contributed by atoms with Crippen molar-refractivity contribution in [2.75, 3.05) is 16.9 Å². The van der Waals surface area contributed by atoms with E-state index < -0.39 is 57.0 Å². The topological polar surface area (TPSA) is 104 Å². The number of phenolic OH excluding ortho intramolecular Hbond substituents is 1. The average molecular weight is 696 g/mol. The molecule has 6 atom stereocenters. The second kappa shape index (κ2) is 11.2. The Hall–Kier alpha value is -4.18. The molecule has 0 radical (unpaired) electrons. The third kappa shape index (κ3) is 4.54. The Balaban J connectivity index is 1.36. The van der Waals surface area contributed by atoms with Crippen molar-refractivity contribution in [3.05, 3.63) is 101 Å². The van der Waals surface area contributed by atoms with Gasteiger partial charge in [-0.2, -0.15) is 0 Å². The molecule has 4 amide bonds. The monoisotopic (exact) mass is 694 g/mol. The first-order valence-electron chi connectivity index (χ1n) is 14.8. The molecule has 2 aliphatic heterocycles. The zero-order chi connectivity index (χ0) is 33.4. The first-order valence-corrected chi connectivity index (χ1v) is 15.9. The van der Waals surface area contributed by atoms with Gasteiger partial charge in [0.15, 0.2) is 21.2 Å². The van der Waals surface area contributed by atoms with Crippen LogP contribution in [0.4, 0.5) is 15.8 Å². The molecule has 6 unspecified atom stereocenters. The van der Waals surface area contributed by atoms with E-state index in [9.17, 15) is 28.7 Å². The number of allylic oxidation sites excluding steroid dienone is 3. The number of rotatable bonds is 5. The number of aromatic hydroxyl groups is 1. The number of carbonyl (C=O) groups excluding carboxylic acids is 4. The van der Waals surface area contributed by atoms with Crippen molar-refractivity contribution < 1.29 is 33.4 Å². The molecule has 2 saturated heterocycles. The highest BCUT2D eigenvalue weighted by Gasteiger charge is 2.76. The standard InChI is InChI=1S/C35H26Cl3FN2O6/c1-47-28-16-18(3-15-27(28)42)2-14-26-23-12-13-24-29(31(44)40(30(24)43)21-8-4-19(36)5-9-21)25(23)17-34(37)32(45)41(33(46)35(26,34)38)22-10-6-20(39)7-11-22/h2-12,14-16,24-26,29,42H,13,17H2,1H3. The van der Waals surface area contributed by atoms with Crippen molar-refractivity contribution in [3.63, 3.8) is 0 Å². The maximum atomic E-state index is 14.4. The lowest BCUT2D eigenvalue weighted by Gasteiger charge is -2.49. The Kier molecular flexibility index (Phi) is 7.50. The van der Waals surface area contributed by atoms with Gasteiger partial charge in [0.1, 0.15) is 5.82 Å². The third-order valence-corrected chi connectivity index (χ3v) is 11.4. The van der Waals surface area contributed by atoms with E-state index in [-0.39, 0.29) is 35.9 Å². The van der Waals surface area contributed by atoms with Crippen molar-refractivity contribution in [2.45, 2.75) is 22.6 Å². The fraction of sp³-hybridized carbons (Fsp3) is 0.257. The first kappa shape index (κ1) is 31.4. The van der Waals surface area contributed by atoms with Crippen LogP contribution >= 0.6 is 34.8 Å². The molecule has 2 heterocycles. The van der Waals surface area contributed by atoms with Gasteiger partial charge in [-0.1, -0.05) is 41.5 Å². The van der Waals surface area contributed by atoms with Crippen molar-refractivity contribution in [1.29, 1.82) is 0 Å². The maximum Gasteiger partial charge on any atom is 0.258 e. The van der Waals surface area contributed by atoms with E-state index in [1.165, 1.54) is 25.3 Å². The fourth-order valence-electron chi connectivity index (χ4n) is 7.50. The Bertz CT molecular complexity index is 1910. The van der Waals surface area contributed by atoms with Crippen LogP contribution in [0.1, 0.15) is 18.4 Å². The summed E-state index contributed by atoms with van der Waals surface area (Å²) in [6.45, 7) is 0. The van der Waals surface area contributed by atoms with E-state index in [4.69, 9.17) is 39.5 Å². The summed E-state index contributed by atoms with van der Waals surface area (Å²) < 4.78 is 19.1. The van der Waals surface area contributed by atoms with Crippen molar-refractivity contribution in [2.24, 2.45) is 23.7 Å². The van der Waals surface area contributed by atoms with E-state index in [0.717, 1.165) is 21.9 Å². The summed E-state index contributed by atoms with van der Waals surface area (Å²) >= 11 is 20.7. The van der Waals surface area contributed by atoms with Crippen LogP contribution in [0.25, 0.3) is 6.08 Å². The number of amides is 4. The highest BCUT2D eigenvalue weighted by molar-refractivity contribution is 6.58. The van der Waals surface area contributed by atoms with Crippen LogP contribution < -0.4 is 14.5 Å². The summed E-state index contributed by atoms with van der Waals surface area (Å²) in [5.41, 5.74) is 1.67. The summed E-state index contributed by atoms with van der Waals surface area (Å²) in [6, 6.07) is 15.9. The molecule has 3 fully saturated rings. The number of alkyl halides is 2. The molecule has 3 aromatic rings. The number of ether oxygens (including phenoxy) is 1. The number of benzene rings is 3. The third-order valence-electron chi connectivity index (χ3n) is 9.72. The van der Waals surface area contributed by atoms with Crippen molar-refractivity contribution >= 4 is 75.9 Å². The second-order valence-corrected chi connectivity index (χ2v) is 13.8. The molecule has 8 nitrogen and oxygen atoms in total. The largest absolute Gasteiger partial charge is 0.504 e. The van der Waals surface area contributed by atoms with Crippen LogP contribution in [0, 0.1) is 29.5 Å². The minimum absolute atomic E-state index is 0.0711. The number of methoxy groups -OCH3 is 1. The summed E-state index contributed by atoms with van der Waals surface area (Å²) in [7, 11) is 1.41. The van der Waals surface area contributed by atoms with Crippen LogP contribution in [0.2, 0.25) is 5.02 Å². The minimum Gasteiger partial charge on any atom is -0.504 e. The molecule has 240 valence electrons. The Morgan fingerprint density at radius 2 is 1.55 bits per heavy atom. The zero-order valence-electron chi connectivity index (χ0n) is 24.7. The van der Waals surface area contributed by atoms with Crippen molar-refractivity contribution in [1.82, 2.24) is 0 Å². The van der Waals surface area contributed by atoms with Gasteiger partial charge in [0, 0.05) is 10.9 Å². The van der Waals surface area contributed by atoms with Gasteiger partial charge in [-0.05, 0) is 85.0 Å². The van der Waals surface area contributed by atoms with Gasteiger partial charge in [-0.15, -0.1) is 23.2 Å². The summed E-state index contributed by atoms with van der Waals surface area (Å²) in [4.78, 5) is 54.4. The van der Waals surface area contributed by atoms with Crippen LogP contribution in [0.3, 0.4) is 0 Å². The van der Waals surface area contributed by atoms with Gasteiger partial charge in [0.2, 0.25) is 11.8 Å². The molecule has 12 heteroatoms. The molecular formula is C35H26Cl3FN2O6. The second-order valence-electron chi connectivity index (χ2n) is 12.1. The number of imide groups is 2. The van der Waals surface area contributed by atoms with Crippen LogP contribution in [0.5, 0.6) is 11.5 Å². The molecule has 3 aromatic carbocycles. The van der Waals surface area contributed by atoms with E-state index in [2.05, 4.69) is 0 Å². The Labute approximate surface area is 283 Å². The van der Waals surface area contributed by atoms with Crippen LogP contribution in [0.15, 0.2) is 84.5 Å². The SMILES string of the molecule is COc1cc(C=CC2C3=CCC4C(=O)N(c5ccc(Cl)cc5)C(=O)C4C3CC3(Cl)C(=O)N(c4ccc(F)cc4)C(=O)C23Cl)ccc1O. The molecule has 1 N–H and O–H groups in total. The molecular weight excluding hydrogens is 670 g/mol. The molecule has 0 bridgehead atoms. The molecule has 1 saturated carbocycles. The van der Waals surface area contributed by atoms with Crippen molar-refractivity contribution in [3.8, 4) is 11.5 Å². The molecule has 7 rings (SSSR count). The van der Waals surface area contributed by atoms with Gasteiger partial charge in [0.25, 0.3) is 11.8 Å². The van der Waals surface area contributed by atoms with E-state index in [1.807, 2.05) is 6.08 Å². The average Bonchev–Trinajstić information content (AvgIpc) is 3.40. The minimum atomic E-state index is -2.05. The maximum absolute atomic E-state index is 14.4. The smallest absolute Gasteiger partial charge is 0.258 e. The molecule has 4 aliphatic rings. The number of nitrogens with zero attached hydrogens (tertiary/aromatic N) is 2. The highest BCUT2D eigenvalue weighted by atomic mass is 35.5. The lowest BCUT2D eigenvalue weighted by atomic mass is 9.57. The number of phenols is 1. The van der Waals surface area contributed by atoms with Gasteiger partial charge in [0.05, 0.1) is 30.3 Å². The molecule has 2 aliphatic carbocycles. The first-order chi connectivity index (χ1) is 22.4. The summed E-state index contributed by atoms with van der Waals surface area (Å²) in [6.07, 6.45) is 5.16. The number of fused-ring (bicyclic) bond motifs is 4. The Morgan fingerprint density at radius 3 is 2.23 bits per heavy atom. The number of hydrogen-bond donors (Lipinski definition) is 1. The normalized spacial score (nSPS) is 30.0. The number of halogens is 4. The number of carbonyl (C=O) groups is 4. The Morgan fingerprint density at radius 1 is 0.894 bits per heavy atom. The van der Waals surface area contributed by atoms with E-state index >= 15 is 0 Å². The molecule has 47 heavy (non-hydrogen) atoms. The van der Waals surface area contributed by atoms with Crippen LogP contribution in [-0.4, -0.2) is 45.6 Å². The quantitative estimate of drug-likeness (QED) is 0.186. The van der Waals surface area contributed by atoms with E-state index in [0.29, 0.717) is 21.8 Å². The predicted octanol–water partition coefficient (Wildman–Crippen LogP) is 6.51. The van der Waals surface area contributed by atoms with E-state index in [1.54, 1.807) is 48.6 Å². The van der Waals surface area contributed by atoms with Gasteiger partial charge >= 0.3 is 0 Å². The lowest BCUT2D eigenvalue weighted by Crippen LogP contribution is -2.60. The number of anilines is 2. The molecule has 0 aromatic heterocycles. The zero-order valence-corrected chi connectivity index (χ0v) is 27.0. The highest BCUT2D eigenvalue weighted by Crippen LogP contribution is 2.63. The molecule has 0 spiro atoms. The van der Waals surface area contributed by atoms with Gasteiger partial charge < -0.3 is 9.84 Å².